The van der Waals surface area contributed by atoms with Gasteiger partial charge in [0.25, 0.3) is 5.91 Å². The van der Waals surface area contributed by atoms with Gasteiger partial charge < -0.3 is 10.0 Å². The highest BCUT2D eigenvalue weighted by atomic mass is 19.1. The highest BCUT2D eigenvalue weighted by molar-refractivity contribution is 5.93. The molecule has 2 N–H and O–H groups in total. The number of H-pyrrole nitrogens is 1. The zero-order chi connectivity index (χ0) is 15.6. The predicted molar refractivity (Wildman–Crippen MR) is 77.2 cm³/mol. The van der Waals surface area contributed by atoms with Gasteiger partial charge in [-0.1, -0.05) is 0 Å². The fraction of sp³-hybridized carbons (Fsp3) is 0.333. The van der Waals surface area contributed by atoms with Crippen LogP contribution in [0.2, 0.25) is 0 Å². The van der Waals surface area contributed by atoms with Crippen LogP contribution in [0.3, 0.4) is 0 Å². The van der Waals surface area contributed by atoms with E-state index in [-0.39, 0.29) is 18.3 Å². The molecule has 0 unspecified atom stereocenters. The Hall–Kier alpha value is -2.21. The summed E-state index contributed by atoms with van der Waals surface area (Å²) in [6.45, 7) is 3.47. The monoisotopic (exact) mass is 291 g/mol. The Morgan fingerprint density at radius 1 is 1.38 bits per heavy atom. The molecule has 0 atom stereocenters. The molecule has 6 heteroatoms. The molecule has 1 aromatic carbocycles. The van der Waals surface area contributed by atoms with E-state index < -0.39 is 5.60 Å². The lowest BCUT2D eigenvalue weighted by Gasteiger charge is -2.24. The van der Waals surface area contributed by atoms with E-state index in [1.807, 2.05) is 0 Å². The molecule has 2 rings (SSSR count). The zero-order valence-electron chi connectivity index (χ0n) is 12.2. The van der Waals surface area contributed by atoms with Crippen molar-refractivity contribution in [2.75, 3.05) is 13.6 Å². The van der Waals surface area contributed by atoms with Crippen molar-refractivity contribution in [3.63, 3.8) is 0 Å². The highest BCUT2D eigenvalue weighted by Crippen LogP contribution is 2.18. The van der Waals surface area contributed by atoms with Gasteiger partial charge in [-0.2, -0.15) is 5.10 Å². The van der Waals surface area contributed by atoms with Gasteiger partial charge in [0, 0.05) is 19.2 Å². The second-order valence-electron chi connectivity index (χ2n) is 5.65. The number of likely N-dealkylation sites (N-methyl/N-ethyl adjacent to an activating group) is 1. The number of hydrogen-bond acceptors (Lipinski definition) is 3. The van der Waals surface area contributed by atoms with Gasteiger partial charge in [0.15, 0.2) is 0 Å². The van der Waals surface area contributed by atoms with Gasteiger partial charge in [-0.3, -0.25) is 9.89 Å². The summed E-state index contributed by atoms with van der Waals surface area (Å²) >= 11 is 0. The van der Waals surface area contributed by atoms with E-state index in [0.717, 1.165) is 5.56 Å². The molecule has 0 saturated heterocycles. The quantitative estimate of drug-likeness (QED) is 0.906. The molecule has 0 bridgehead atoms. The molecular weight excluding hydrogens is 273 g/mol. The number of aromatic nitrogens is 2. The second-order valence-corrected chi connectivity index (χ2v) is 5.65. The lowest BCUT2D eigenvalue weighted by molar-refractivity contribution is 0.0365. The Morgan fingerprint density at radius 3 is 2.57 bits per heavy atom. The van der Waals surface area contributed by atoms with Gasteiger partial charge >= 0.3 is 0 Å². The minimum atomic E-state index is -0.968. The highest BCUT2D eigenvalue weighted by Gasteiger charge is 2.21. The van der Waals surface area contributed by atoms with E-state index in [9.17, 15) is 14.3 Å². The van der Waals surface area contributed by atoms with Crippen molar-refractivity contribution in [2.45, 2.75) is 19.4 Å². The van der Waals surface area contributed by atoms with Crippen LogP contribution in [0.5, 0.6) is 0 Å². The summed E-state index contributed by atoms with van der Waals surface area (Å²) in [7, 11) is 1.61. The van der Waals surface area contributed by atoms with Crippen molar-refractivity contribution in [1.29, 1.82) is 0 Å². The summed E-state index contributed by atoms with van der Waals surface area (Å²) in [6.07, 6.45) is 0. The number of carbonyl (C=O) groups is 1. The molecule has 0 spiro atoms. The number of halogens is 1. The Labute approximate surface area is 122 Å². The van der Waals surface area contributed by atoms with Crippen LogP contribution in [0.15, 0.2) is 30.3 Å². The van der Waals surface area contributed by atoms with Gasteiger partial charge in [-0.25, -0.2) is 4.39 Å². The van der Waals surface area contributed by atoms with E-state index in [1.165, 1.54) is 17.0 Å². The lowest BCUT2D eigenvalue weighted by Crippen LogP contribution is -2.39. The second kappa shape index (κ2) is 5.65. The fourth-order valence-corrected chi connectivity index (χ4v) is 2.06. The molecule has 0 saturated carbocycles. The Kier molecular flexibility index (Phi) is 4.09. The minimum Gasteiger partial charge on any atom is -0.389 e. The maximum absolute atomic E-state index is 12.9. The number of nitrogens with one attached hydrogen (secondary N) is 1. The van der Waals surface area contributed by atoms with Gasteiger partial charge in [-0.15, -0.1) is 0 Å². The number of aliphatic hydroxyl groups is 1. The number of benzene rings is 1. The number of nitrogens with zero attached hydrogens (tertiary/aromatic N) is 2. The largest absolute Gasteiger partial charge is 0.389 e. The summed E-state index contributed by atoms with van der Waals surface area (Å²) in [5, 5.41) is 16.5. The van der Waals surface area contributed by atoms with Crippen LogP contribution in [-0.4, -0.2) is 45.3 Å². The van der Waals surface area contributed by atoms with Crippen molar-refractivity contribution >= 4 is 5.91 Å². The molecule has 0 fully saturated rings. The van der Waals surface area contributed by atoms with E-state index in [2.05, 4.69) is 10.2 Å². The topological polar surface area (TPSA) is 69.2 Å². The van der Waals surface area contributed by atoms with Gasteiger partial charge in [-0.05, 0) is 44.2 Å². The standard InChI is InChI=1S/C15H18FN3O2/c1-15(2,21)9-19(3)14(20)13-8-12(17-18-13)10-4-6-11(16)7-5-10/h4-8,21H,9H2,1-3H3,(H,17,18). The lowest BCUT2D eigenvalue weighted by atomic mass is 10.1. The Balaban J connectivity index is 2.16. The summed E-state index contributed by atoms with van der Waals surface area (Å²) in [5.74, 6) is -0.589. The Bertz CT molecular complexity index is 629. The SMILES string of the molecule is CN(CC(C)(C)O)C(=O)c1cc(-c2ccc(F)cc2)n[nH]1. The number of hydrogen-bond donors (Lipinski definition) is 2. The van der Waals surface area contributed by atoms with Crippen LogP contribution >= 0.6 is 0 Å². The third-order valence-electron chi connectivity index (χ3n) is 2.92. The van der Waals surface area contributed by atoms with Crippen molar-refractivity contribution in [2.24, 2.45) is 0 Å². The minimum absolute atomic E-state index is 0.205. The van der Waals surface area contributed by atoms with Crippen molar-refractivity contribution in [3.05, 3.63) is 41.8 Å². The predicted octanol–water partition coefficient (Wildman–Crippen LogP) is 2.06. The third-order valence-corrected chi connectivity index (χ3v) is 2.92. The number of rotatable bonds is 4. The van der Waals surface area contributed by atoms with E-state index in [0.29, 0.717) is 11.4 Å². The van der Waals surface area contributed by atoms with Gasteiger partial charge in [0.2, 0.25) is 0 Å². The average Bonchev–Trinajstić information content (AvgIpc) is 2.86. The molecule has 21 heavy (non-hydrogen) atoms. The van der Waals surface area contributed by atoms with E-state index in [1.54, 1.807) is 39.1 Å². The van der Waals surface area contributed by atoms with Gasteiger partial charge in [0.05, 0.1) is 11.3 Å². The molecule has 112 valence electrons. The summed E-state index contributed by atoms with van der Waals surface area (Å²) in [6, 6.07) is 7.48. The van der Waals surface area contributed by atoms with Gasteiger partial charge in [0.1, 0.15) is 11.5 Å². The molecule has 0 aliphatic heterocycles. The third kappa shape index (κ3) is 3.88. The first-order valence-corrected chi connectivity index (χ1v) is 6.55. The maximum atomic E-state index is 12.9. The fourth-order valence-electron chi connectivity index (χ4n) is 2.06. The first-order chi connectivity index (χ1) is 9.76. The number of carbonyl (C=O) groups excluding carboxylic acids is 1. The normalized spacial score (nSPS) is 11.5. The van der Waals surface area contributed by atoms with Crippen LogP contribution in [-0.2, 0) is 0 Å². The smallest absolute Gasteiger partial charge is 0.271 e. The zero-order valence-corrected chi connectivity index (χ0v) is 12.2. The summed E-state index contributed by atoms with van der Waals surface area (Å²) in [4.78, 5) is 13.6. The molecule has 0 radical (unpaired) electrons. The number of amides is 1. The average molecular weight is 291 g/mol. The van der Waals surface area contributed by atoms with Crippen LogP contribution in [0.4, 0.5) is 4.39 Å². The molecule has 1 amide bonds. The first kappa shape index (κ1) is 15.2. The Morgan fingerprint density at radius 2 is 2.00 bits per heavy atom. The summed E-state index contributed by atoms with van der Waals surface area (Å²) in [5.41, 5.74) is 0.637. The molecule has 1 heterocycles. The van der Waals surface area contributed by atoms with Crippen LogP contribution in [0, 0.1) is 5.82 Å². The first-order valence-electron chi connectivity index (χ1n) is 6.55. The van der Waals surface area contributed by atoms with Crippen molar-refractivity contribution in [1.82, 2.24) is 15.1 Å². The van der Waals surface area contributed by atoms with Crippen molar-refractivity contribution < 1.29 is 14.3 Å². The summed E-state index contributed by atoms with van der Waals surface area (Å²) < 4.78 is 12.9. The van der Waals surface area contributed by atoms with E-state index in [4.69, 9.17) is 0 Å². The van der Waals surface area contributed by atoms with E-state index >= 15 is 0 Å². The van der Waals surface area contributed by atoms with Crippen LogP contribution in [0.25, 0.3) is 11.3 Å². The molecule has 0 aliphatic carbocycles. The molecule has 5 nitrogen and oxygen atoms in total. The molecule has 1 aromatic heterocycles. The van der Waals surface area contributed by atoms with Crippen LogP contribution in [0.1, 0.15) is 24.3 Å². The molecular formula is C15H18FN3O2. The number of aromatic amines is 1. The molecule has 2 aromatic rings. The van der Waals surface area contributed by atoms with Crippen LogP contribution < -0.4 is 0 Å². The maximum Gasteiger partial charge on any atom is 0.271 e. The van der Waals surface area contributed by atoms with Crippen molar-refractivity contribution in [3.8, 4) is 11.3 Å². The molecule has 0 aliphatic rings.